The summed E-state index contributed by atoms with van der Waals surface area (Å²) in [4.78, 5) is 5.33. The highest BCUT2D eigenvalue weighted by molar-refractivity contribution is 5.31. The van der Waals surface area contributed by atoms with Gasteiger partial charge in [0, 0.05) is 31.1 Å². The highest BCUT2D eigenvalue weighted by Gasteiger charge is 2.32. The third-order valence-corrected chi connectivity index (χ3v) is 6.28. The van der Waals surface area contributed by atoms with Gasteiger partial charge in [-0.3, -0.25) is 4.90 Å². The number of hydrogen-bond acceptors (Lipinski definition) is 2. The molecule has 2 fully saturated rings. The lowest BCUT2D eigenvalue weighted by atomic mass is 9.84. The number of benzene rings is 1. The fourth-order valence-electron chi connectivity index (χ4n) is 4.34. The zero-order valence-electron chi connectivity index (χ0n) is 17.3. The second-order valence-corrected chi connectivity index (χ2v) is 10.4. The van der Waals surface area contributed by atoms with Crippen molar-refractivity contribution in [3.63, 3.8) is 0 Å². The smallest absolute Gasteiger partial charge is 0.0125 e. The summed E-state index contributed by atoms with van der Waals surface area (Å²) in [5.41, 5.74) is 3.57. The molecule has 2 saturated heterocycles. The normalized spacial score (nSPS) is 22.2. The number of piperidine rings is 1. The van der Waals surface area contributed by atoms with E-state index >= 15 is 0 Å². The Hall–Kier alpha value is -0.860. The Kier molecular flexibility index (Phi) is 5.33. The van der Waals surface area contributed by atoms with Gasteiger partial charge in [-0.05, 0) is 69.2 Å². The summed E-state index contributed by atoms with van der Waals surface area (Å²) in [6.45, 7) is 20.3. The lowest BCUT2D eigenvalue weighted by Crippen LogP contribution is -2.50. The zero-order chi connectivity index (χ0) is 18.2. The first-order valence-electron chi connectivity index (χ1n) is 10.2. The molecule has 1 aromatic rings. The van der Waals surface area contributed by atoms with Crippen molar-refractivity contribution in [2.75, 3.05) is 32.7 Å². The molecule has 2 aliphatic heterocycles. The predicted molar refractivity (Wildman–Crippen MR) is 108 cm³/mol. The maximum atomic E-state index is 2.68. The van der Waals surface area contributed by atoms with E-state index in [0.717, 1.165) is 11.8 Å². The van der Waals surface area contributed by atoms with Crippen LogP contribution in [0.3, 0.4) is 0 Å². The molecule has 0 amide bonds. The fourth-order valence-corrected chi connectivity index (χ4v) is 4.34. The van der Waals surface area contributed by atoms with E-state index in [1.165, 1.54) is 56.7 Å². The van der Waals surface area contributed by atoms with Crippen LogP contribution in [-0.2, 0) is 5.41 Å². The van der Waals surface area contributed by atoms with Gasteiger partial charge in [0.05, 0.1) is 0 Å². The van der Waals surface area contributed by atoms with Crippen LogP contribution in [0.4, 0.5) is 0 Å². The summed E-state index contributed by atoms with van der Waals surface area (Å²) in [5.74, 6) is 1.66. The maximum absolute atomic E-state index is 2.68. The molecule has 2 heterocycles. The van der Waals surface area contributed by atoms with E-state index in [-0.39, 0.29) is 5.41 Å². The molecular weight excluding hydrogens is 304 g/mol. The molecule has 0 saturated carbocycles. The predicted octanol–water partition coefficient (Wildman–Crippen LogP) is 4.89. The number of nitrogens with zero attached hydrogens (tertiary/aromatic N) is 2. The molecule has 2 heteroatoms. The third-order valence-electron chi connectivity index (χ3n) is 6.28. The molecule has 0 radical (unpaired) electrons. The first kappa shape index (κ1) is 18.9. The van der Waals surface area contributed by atoms with Crippen LogP contribution in [0.5, 0.6) is 0 Å². The topological polar surface area (TPSA) is 6.48 Å². The summed E-state index contributed by atoms with van der Waals surface area (Å²) in [6.07, 6.45) is 2.75. The van der Waals surface area contributed by atoms with E-state index in [9.17, 15) is 0 Å². The molecule has 2 aliphatic rings. The Morgan fingerprint density at radius 2 is 1.44 bits per heavy atom. The van der Waals surface area contributed by atoms with Crippen molar-refractivity contribution in [3.05, 3.63) is 35.4 Å². The van der Waals surface area contributed by atoms with Crippen LogP contribution in [-0.4, -0.2) is 48.1 Å². The standard InChI is InChI=1S/C23H38N2/c1-22(2,3)21-9-7-19(8-10-21)20-16-24(17-20)15-18-11-13-25(14-12-18)23(4,5)6/h7-10,18,20H,11-17H2,1-6H3. The average molecular weight is 343 g/mol. The molecule has 0 unspecified atom stereocenters. The van der Waals surface area contributed by atoms with E-state index in [0.29, 0.717) is 5.54 Å². The lowest BCUT2D eigenvalue weighted by Gasteiger charge is -2.45. The molecule has 3 rings (SSSR count). The Balaban J connectivity index is 1.43. The summed E-state index contributed by atoms with van der Waals surface area (Å²) >= 11 is 0. The van der Waals surface area contributed by atoms with E-state index in [4.69, 9.17) is 0 Å². The number of hydrogen-bond donors (Lipinski definition) is 0. The van der Waals surface area contributed by atoms with Crippen molar-refractivity contribution in [1.29, 1.82) is 0 Å². The van der Waals surface area contributed by atoms with Gasteiger partial charge in [-0.2, -0.15) is 0 Å². The summed E-state index contributed by atoms with van der Waals surface area (Å²) in [5, 5.41) is 0. The SMILES string of the molecule is CC(C)(C)c1ccc(C2CN(CC3CCN(C(C)(C)C)CC3)C2)cc1. The quantitative estimate of drug-likeness (QED) is 0.771. The molecule has 1 aromatic carbocycles. The van der Waals surface area contributed by atoms with Crippen molar-refractivity contribution < 1.29 is 0 Å². The van der Waals surface area contributed by atoms with Gasteiger partial charge >= 0.3 is 0 Å². The first-order chi connectivity index (χ1) is 11.6. The number of rotatable bonds is 3. The molecule has 0 spiro atoms. The van der Waals surface area contributed by atoms with Crippen LogP contribution in [0, 0.1) is 5.92 Å². The van der Waals surface area contributed by atoms with Crippen LogP contribution in [0.1, 0.15) is 71.4 Å². The van der Waals surface area contributed by atoms with Crippen LogP contribution < -0.4 is 0 Å². The highest BCUT2D eigenvalue weighted by atomic mass is 15.2. The van der Waals surface area contributed by atoms with Crippen LogP contribution in [0.2, 0.25) is 0 Å². The summed E-state index contributed by atoms with van der Waals surface area (Å²) < 4.78 is 0. The monoisotopic (exact) mass is 342 g/mol. The van der Waals surface area contributed by atoms with E-state index in [2.05, 4.69) is 75.6 Å². The fraction of sp³-hybridized carbons (Fsp3) is 0.739. The minimum Gasteiger partial charge on any atom is -0.302 e. The Labute approximate surface area is 155 Å². The molecule has 0 atom stereocenters. The van der Waals surface area contributed by atoms with E-state index < -0.39 is 0 Å². The lowest BCUT2D eigenvalue weighted by molar-refractivity contribution is 0.0565. The highest BCUT2D eigenvalue weighted by Crippen LogP contribution is 2.32. The van der Waals surface area contributed by atoms with Gasteiger partial charge in [-0.1, -0.05) is 45.0 Å². The first-order valence-corrected chi connectivity index (χ1v) is 10.2. The second-order valence-electron chi connectivity index (χ2n) is 10.4. The summed E-state index contributed by atoms with van der Waals surface area (Å²) in [7, 11) is 0. The van der Waals surface area contributed by atoms with Crippen LogP contribution in [0.15, 0.2) is 24.3 Å². The average Bonchev–Trinajstić information content (AvgIpc) is 2.49. The van der Waals surface area contributed by atoms with Crippen molar-refractivity contribution in [2.45, 2.75) is 71.3 Å². The molecule has 0 bridgehead atoms. The third kappa shape index (κ3) is 4.65. The van der Waals surface area contributed by atoms with Gasteiger partial charge in [0.1, 0.15) is 0 Å². The summed E-state index contributed by atoms with van der Waals surface area (Å²) in [6, 6.07) is 9.40. The molecule has 0 aromatic heterocycles. The van der Waals surface area contributed by atoms with Gasteiger partial charge in [0.25, 0.3) is 0 Å². The largest absolute Gasteiger partial charge is 0.302 e. The molecule has 25 heavy (non-hydrogen) atoms. The molecular formula is C23H38N2. The zero-order valence-corrected chi connectivity index (χ0v) is 17.3. The van der Waals surface area contributed by atoms with Crippen molar-refractivity contribution in [3.8, 4) is 0 Å². The Morgan fingerprint density at radius 3 is 1.92 bits per heavy atom. The number of likely N-dealkylation sites (tertiary alicyclic amines) is 2. The van der Waals surface area contributed by atoms with Crippen LogP contribution >= 0.6 is 0 Å². The Morgan fingerprint density at radius 1 is 0.880 bits per heavy atom. The van der Waals surface area contributed by atoms with Crippen molar-refractivity contribution >= 4 is 0 Å². The van der Waals surface area contributed by atoms with Gasteiger partial charge < -0.3 is 4.90 Å². The second kappa shape index (κ2) is 7.04. The van der Waals surface area contributed by atoms with Gasteiger partial charge in [0.2, 0.25) is 0 Å². The van der Waals surface area contributed by atoms with E-state index in [1.807, 2.05) is 0 Å². The molecule has 140 valence electrons. The minimum atomic E-state index is 0.256. The molecule has 2 nitrogen and oxygen atoms in total. The minimum absolute atomic E-state index is 0.256. The van der Waals surface area contributed by atoms with Gasteiger partial charge in [-0.25, -0.2) is 0 Å². The van der Waals surface area contributed by atoms with Crippen LogP contribution in [0.25, 0.3) is 0 Å². The van der Waals surface area contributed by atoms with E-state index in [1.54, 1.807) is 0 Å². The van der Waals surface area contributed by atoms with Crippen molar-refractivity contribution in [1.82, 2.24) is 9.80 Å². The van der Waals surface area contributed by atoms with Crippen molar-refractivity contribution in [2.24, 2.45) is 5.92 Å². The van der Waals surface area contributed by atoms with Gasteiger partial charge in [-0.15, -0.1) is 0 Å². The van der Waals surface area contributed by atoms with Gasteiger partial charge in [0.15, 0.2) is 0 Å². The molecule has 0 N–H and O–H groups in total. The Bertz CT molecular complexity index is 547. The molecule has 0 aliphatic carbocycles. The maximum Gasteiger partial charge on any atom is 0.0125 e.